The van der Waals surface area contributed by atoms with Crippen LogP contribution in [-0.4, -0.2) is 25.4 Å². The molecule has 2 unspecified atom stereocenters. The molecule has 3 nitrogen and oxygen atoms in total. The Bertz CT molecular complexity index is 411. The van der Waals surface area contributed by atoms with Gasteiger partial charge in [-0.2, -0.15) is 0 Å². The van der Waals surface area contributed by atoms with E-state index in [9.17, 15) is 0 Å². The highest BCUT2D eigenvalue weighted by Crippen LogP contribution is 2.28. The van der Waals surface area contributed by atoms with Crippen LogP contribution < -0.4 is 10.5 Å². The van der Waals surface area contributed by atoms with Crippen molar-refractivity contribution in [1.29, 1.82) is 0 Å². The van der Waals surface area contributed by atoms with Crippen molar-refractivity contribution in [3.8, 4) is 5.75 Å². The maximum absolute atomic E-state index is 6.36. The first-order valence-corrected chi connectivity index (χ1v) is 7.48. The number of hydrogen-bond donors (Lipinski definition) is 1. The van der Waals surface area contributed by atoms with Crippen LogP contribution in [-0.2, 0) is 11.2 Å². The summed E-state index contributed by atoms with van der Waals surface area (Å²) in [6.45, 7) is 6.85. The monoisotopic (exact) mass is 329 g/mol. The fourth-order valence-electron chi connectivity index (χ4n) is 2.16. The van der Waals surface area contributed by atoms with Gasteiger partial charge in [-0.25, -0.2) is 0 Å². The van der Waals surface area contributed by atoms with E-state index in [0.29, 0.717) is 6.61 Å². The molecule has 0 heterocycles. The van der Waals surface area contributed by atoms with E-state index in [1.54, 1.807) is 7.11 Å². The molecule has 0 radical (unpaired) electrons. The van der Waals surface area contributed by atoms with E-state index in [1.807, 2.05) is 19.1 Å². The molecule has 0 aliphatic carbocycles. The third kappa shape index (κ3) is 4.20. The smallest absolute Gasteiger partial charge is 0.122 e. The summed E-state index contributed by atoms with van der Waals surface area (Å²) in [7, 11) is 1.68. The summed E-state index contributed by atoms with van der Waals surface area (Å²) in [5.41, 5.74) is 7.16. The quantitative estimate of drug-likeness (QED) is 0.832. The van der Waals surface area contributed by atoms with Gasteiger partial charge in [0, 0.05) is 17.1 Å². The van der Waals surface area contributed by atoms with Crippen LogP contribution in [0, 0.1) is 0 Å². The number of rotatable bonds is 7. The molecule has 0 aliphatic heterocycles. The summed E-state index contributed by atoms with van der Waals surface area (Å²) in [6.07, 6.45) is 1.62. The van der Waals surface area contributed by atoms with E-state index in [1.165, 1.54) is 0 Å². The third-order valence-corrected chi connectivity index (χ3v) is 4.14. The highest BCUT2D eigenvalue weighted by atomic mass is 79.9. The van der Waals surface area contributed by atoms with Gasteiger partial charge in [0.1, 0.15) is 5.75 Å². The number of halogens is 1. The Labute approximate surface area is 124 Å². The first-order valence-electron chi connectivity index (χ1n) is 6.68. The van der Waals surface area contributed by atoms with Crippen LogP contribution in [0.25, 0.3) is 0 Å². The second-order valence-electron chi connectivity index (χ2n) is 4.87. The van der Waals surface area contributed by atoms with Crippen LogP contribution in [0.5, 0.6) is 5.75 Å². The van der Waals surface area contributed by atoms with Crippen molar-refractivity contribution in [2.24, 2.45) is 5.73 Å². The van der Waals surface area contributed by atoms with Gasteiger partial charge in [-0.15, -0.1) is 0 Å². The molecule has 0 aliphatic rings. The summed E-state index contributed by atoms with van der Waals surface area (Å²) >= 11 is 3.49. The largest absolute Gasteiger partial charge is 0.496 e. The Morgan fingerprint density at radius 2 is 2.05 bits per heavy atom. The van der Waals surface area contributed by atoms with Crippen molar-refractivity contribution >= 4 is 15.9 Å². The summed E-state index contributed by atoms with van der Waals surface area (Å²) in [4.78, 5) is 0. The SMILES string of the molecule is CCOC(C)(CC)C(N)Cc1cc(Br)ccc1OC. The number of hydrogen-bond acceptors (Lipinski definition) is 3. The lowest BCUT2D eigenvalue weighted by atomic mass is 9.88. The van der Waals surface area contributed by atoms with Crippen molar-refractivity contribution in [2.45, 2.75) is 45.3 Å². The molecule has 0 spiro atoms. The lowest BCUT2D eigenvalue weighted by molar-refractivity contribution is -0.0462. The fraction of sp³-hybridized carbons (Fsp3) is 0.600. The Kier molecular flexibility index (Phi) is 6.30. The summed E-state index contributed by atoms with van der Waals surface area (Å²) in [5, 5.41) is 0. The first-order chi connectivity index (χ1) is 8.96. The standard InChI is InChI=1S/C15H24BrNO2/c1-5-15(3,19-6-2)14(17)10-11-9-12(16)7-8-13(11)18-4/h7-9,14H,5-6,10,17H2,1-4H3. The number of ether oxygens (including phenoxy) is 2. The van der Waals surface area contributed by atoms with Gasteiger partial charge in [-0.05, 0) is 50.5 Å². The van der Waals surface area contributed by atoms with Crippen molar-refractivity contribution in [1.82, 2.24) is 0 Å². The number of benzene rings is 1. The van der Waals surface area contributed by atoms with Gasteiger partial charge < -0.3 is 15.2 Å². The van der Waals surface area contributed by atoms with Crippen LogP contribution in [0.4, 0.5) is 0 Å². The number of nitrogens with two attached hydrogens (primary N) is 1. The predicted octanol–water partition coefficient (Wildman–Crippen LogP) is 3.53. The van der Waals surface area contributed by atoms with E-state index in [-0.39, 0.29) is 11.6 Å². The van der Waals surface area contributed by atoms with Crippen LogP contribution in [0.1, 0.15) is 32.8 Å². The van der Waals surface area contributed by atoms with Crippen LogP contribution in [0.2, 0.25) is 0 Å². The van der Waals surface area contributed by atoms with Crippen molar-refractivity contribution in [3.63, 3.8) is 0 Å². The summed E-state index contributed by atoms with van der Waals surface area (Å²) < 4.78 is 12.3. The molecule has 2 N–H and O–H groups in total. The van der Waals surface area contributed by atoms with E-state index in [4.69, 9.17) is 15.2 Å². The molecule has 0 aromatic heterocycles. The molecular weight excluding hydrogens is 306 g/mol. The molecule has 0 saturated carbocycles. The average Bonchev–Trinajstić information content (AvgIpc) is 2.39. The Hall–Kier alpha value is -0.580. The second-order valence-corrected chi connectivity index (χ2v) is 5.78. The van der Waals surface area contributed by atoms with Gasteiger partial charge >= 0.3 is 0 Å². The molecular formula is C15H24BrNO2. The molecule has 108 valence electrons. The molecule has 0 saturated heterocycles. The normalized spacial score (nSPS) is 15.9. The lowest BCUT2D eigenvalue weighted by Crippen LogP contribution is -2.48. The minimum Gasteiger partial charge on any atom is -0.496 e. The van der Waals surface area contributed by atoms with Gasteiger partial charge in [0.05, 0.1) is 12.7 Å². The van der Waals surface area contributed by atoms with Gasteiger partial charge in [0.2, 0.25) is 0 Å². The Morgan fingerprint density at radius 3 is 2.58 bits per heavy atom. The maximum atomic E-state index is 6.36. The van der Waals surface area contributed by atoms with Crippen molar-refractivity contribution in [2.75, 3.05) is 13.7 Å². The van der Waals surface area contributed by atoms with Crippen LogP contribution >= 0.6 is 15.9 Å². The molecule has 19 heavy (non-hydrogen) atoms. The van der Waals surface area contributed by atoms with Crippen molar-refractivity contribution in [3.05, 3.63) is 28.2 Å². The van der Waals surface area contributed by atoms with Crippen LogP contribution in [0.15, 0.2) is 22.7 Å². The zero-order valence-electron chi connectivity index (χ0n) is 12.2. The van der Waals surface area contributed by atoms with Gasteiger partial charge in [-0.1, -0.05) is 22.9 Å². The first kappa shape index (κ1) is 16.5. The number of methoxy groups -OCH3 is 1. The second kappa shape index (κ2) is 7.27. The predicted molar refractivity (Wildman–Crippen MR) is 82.7 cm³/mol. The van der Waals surface area contributed by atoms with Gasteiger partial charge in [-0.3, -0.25) is 0 Å². The van der Waals surface area contributed by atoms with E-state index >= 15 is 0 Å². The van der Waals surface area contributed by atoms with E-state index in [0.717, 1.165) is 28.6 Å². The topological polar surface area (TPSA) is 44.5 Å². The maximum Gasteiger partial charge on any atom is 0.122 e. The minimum absolute atomic E-state index is 0.0688. The van der Waals surface area contributed by atoms with Gasteiger partial charge in [0.25, 0.3) is 0 Å². The zero-order valence-corrected chi connectivity index (χ0v) is 13.8. The molecule has 2 atom stereocenters. The van der Waals surface area contributed by atoms with Crippen LogP contribution in [0.3, 0.4) is 0 Å². The highest BCUT2D eigenvalue weighted by Gasteiger charge is 2.31. The Morgan fingerprint density at radius 1 is 1.37 bits per heavy atom. The summed E-state index contributed by atoms with van der Waals surface area (Å²) in [5.74, 6) is 0.869. The lowest BCUT2D eigenvalue weighted by Gasteiger charge is -2.34. The minimum atomic E-state index is -0.303. The molecule has 0 fully saturated rings. The summed E-state index contributed by atoms with van der Waals surface area (Å²) in [6, 6.07) is 5.91. The van der Waals surface area contributed by atoms with Crippen molar-refractivity contribution < 1.29 is 9.47 Å². The molecule has 1 rings (SSSR count). The van der Waals surface area contributed by atoms with Gasteiger partial charge in [0.15, 0.2) is 0 Å². The molecule has 1 aromatic rings. The van der Waals surface area contributed by atoms with E-state index in [2.05, 4.69) is 35.8 Å². The molecule has 0 bridgehead atoms. The zero-order chi connectivity index (χ0) is 14.5. The molecule has 4 heteroatoms. The molecule has 0 amide bonds. The average molecular weight is 330 g/mol. The fourth-order valence-corrected chi connectivity index (χ4v) is 2.57. The molecule has 1 aromatic carbocycles. The highest BCUT2D eigenvalue weighted by molar-refractivity contribution is 9.10. The third-order valence-electron chi connectivity index (χ3n) is 3.64. The van der Waals surface area contributed by atoms with E-state index < -0.39 is 0 Å². The Balaban J connectivity index is 2.91.